The molecule has 0 aromatic rings. The Balaban J connectivity index is 4.13. The second-order valence-electron chi connectivity index (χ2n) is 1.72. The first-order chi connectivity index (χ1) is 4.76. The Bertz CT molecular complexity index is 116. The number of rotatable bonds is 2. The molecule has 0 fully saturated rings. The molecule has 0 amide bonds. The Hall–Kier alpha value is 2.03. The van der Waals surface area contributed by atoms with Crippen molar-refractivity contribution < 1.29 is 0 Å². The van der Waals surface area contributed by atoms with Gasteiger partial charge in [0.1, 0.15) is 4.84 Å². The zero-order valence-electron chi connectivity index (χ0n) is 4.88. The molecule has 0 aliphatic rings. The molecule has 2 unspecified atom stereocenters. The predicted octanol–water partition coefficient (Wildman–Crippen LogP) is 4.38. The minimum atomic E-state index is -1.66. The molecule has 0 rings (SSSR count). The Labute approximate surface area is 100.0 Å². The fourth-order valence-electron chi connectivity index (χ4n) is 0.308. The van der Waals surface area contributed by atoms with Crippen LogP contribution in [0, 0.1) is 0 Å². The minimum Gasteiger partial charge on any atom is -0.118 e. The molecule has 0 spiro atoms. The first kappa shape index (κ1) is 13.0. The monoisotopic (exact) mass is 296 g/mol. The van der Waals surface area contributed by atoms with Gasteiger partial charge in [-0.05, 0) is 0 Å². The summed E-state index contributed by atoms with van der Waals surface area (Å²) in [5.74, 6) is 0. The Kier molecular flexibility index (Phi) is 5.98. The van der Waals surface area contributed by atoms with Crippen LogP contribution in [0.1, 0.15) is 0 Å². The van der Waals surface area contributed by atoms with E-state index in [1.165, 1.54) is 0 Å². The largest absolute Gasteiger partial charge is 0.208 e. The van der Waals surface area contributed by atoms with Crippen molar-refractivity contribution in [2.24, 2.45) is 0 Å². The summed E-state index contributed by atoms with van der Waals surface area (Å²) in [4.78, 5) is -0.866. The molecule has 0 aromatic heterocycles. The molecule has 0 aromatic carbocycles. The van der Waals surface area contributed by atoms with Crippen molar-refractivity contribution in [2.45, 2.75) is 19.4 Å². The van der Waals surface area contributed by atoms with Crippen LogP contribution in [0.3, 0.4) is 0 Å². The number of halogens is 7. The average Bonchev–Trinajstić information content (AvgIpc) is 1.82. The molecule has 2 atom stereocenters. The fourth-order valence-corrected chi connectivity index (χ4v) is 1.68. The first-order valence-corrected chi connectivity index (χ1v) is 5.27. The normalized spacial score (nSPS) is 18.5. The molecule has 7 heteroatoms. The van der Waals surface area contributed by atoms with E-state index < -0.39 is 19.4 Å². The molecule has 0 saturated heterocycles. The van der Waals surface area contributed by atoms with E-state index in [4.69, 9.17) is 81.2 Å². The SMILES string of the molecule is ClC(Cl)C(Cl)C(Cl)C(Cl)(Cl)Cl. The second-order valence-corrected chi connectivity index (χ2v) is 6.23. The Morgan fingerprint density at radius 2 is 1.18 bits per heavy atom. The molecule has 0 heterocycles. The summed E-state index contributed by atoms with van der Waals surface area (Å²) < 4.78 is -1.66. The van der Waals surface area contributed by atoms with Crippen molar-refractivity contribution in [3.8, 4) is 0 Å². The van der Waals surface area contributed by atoms with Crippen molar-refractivity contribution in [2.75, 3.05) is 0 Å². The fraction of sp³-hybridized carbons (Fsp3) is 1.00. The van der Waals surface area contributed by atoms with Gasteiger partial charge >= 0.3 is 0 Å². The van der Waals surface area contributed by atoms with Gasteiger partial charge < -0.3 is 0 Å². The van der Waals surface area contributed by atoms with E-state index in [0.717, 1.165) is 0 Å². The van der Waals surface area contributed by atoms with Crippen LogP contribution in [0.2, 0.25) is 0 Å². The summed E-state index contributed by atoms with van der Waals surface area (Å²) in [5.41, 5.74) is 0. The third-order valence-electron chi connectivity index (χ3n) is 0.833. The van der Waals surface area contributed by atoms with Crippen LogP contribution in [-0.2, 0) is 0 Å². The smallest absolute Gasteiger partial charge is 0.118 e. The van der Waals surface area contributed by atoms with Crippen molar-refractivity contribution in [3.05, 3.63) is 0 Å². The number of alkyl halides is 7. The highest BCUT2D eigenvalue weighted by atomic mass is 35.6. The third-order valence-corrected chi connectivity index (χ3v) is 3.91. The topological polar surface area (TPSA) is 0 Å². The molecular formula is C4H3Cl7. The molecule has 68 valence electrons. The third kappa shape index (κ3) is 4.71. The van der Waals surface area contributed by atoms with Crippen molar-refractivity contribution >= 4 is 81.2 Å². The van der Waals surface area contributed by atoms with Gasteiger partial charge in [-0.25, -0.2) is 0 Å². The van der Waals surface area contributed by atoms with E-state index in [2.05, 4.69) is 0 Å². The summed E-state index contributed by atoms with van der Waals surface area (Å²) >= 11 is 38.3. The van der Waals surface area contributed by atoms with Gasteiger partial charge in [0.05, 0.1) is 10.8 Å². The summed E-state index contributed by atoms with van der Waals surface area (Å²) in [6, 6.07) is 0. The molecule has 0 nitrogen and oxygen atoms in total. The lowest BCUT2D eigenvalue weighted by molar-refractivity contribution is 0.821. The van der Waals surface area contributed by atoms with E-state index in [0.29, 0.717) is 0 Å². The first-order valence-electron chi connectivity index (χ1n) is 2.40. The highest BCUT2D eigenvalue weighted by molar-refractivity contribution is 6.70. The number of hydrogen-bond donors (Lipinski definition) is 0. The van der Waals surface area contributed by atoms with E-state index in [9.17, 15) is 0 Å². The van der Waals surface area contributed by atoms with Crippen LogP contribution in [0.4, 0.5) is 0 Å². The predicted molar refractivity (Wildman–Crippen MR) is 55.1 cm³/mol. The molecule has 0 aliphatic heterocycles. The van der Waals surface area contributed by atoms with Crippen molar-refractivity contribution in [3.63, 3.8) is 0 Å². The van der Waals surface area contributed by atoms with Crippen LogP contribution in [-0.4, -0.2) is 19.4 Å². The van der Waals surface area contributed by atoms with E-state index >= 15 is 0 Å². The zero-order valence-corrected chi connectivity index (χ0v) is 10.2. The van der Waals surface area contributed by atoms with Gasteiger partial charge in [0.25, 0.3) is 0 Å². The lowest BCUT2D eigenvalue weighted by Gasteiger charge is -2.23. The van der Waals surface area contributed by atoms with E-state index in [1.54, 1.807) is 0 Å². The van der Waals surface area contributed by atoms with Gasteiger partial charge in [-0.15, -0.1) is 46.4 Å². The van der Waals surface area contributed by atoms with Crippen molar-refractivity contribution in [1.82, 2.24) is 0 Å². The highest BCUT2D eigenvalue weighted by Gasteiger charge is 2.38. The maximum atomic E-state index is 5.61. The Morgan fingerprint density at radius 3 is 1.27 bits per heavy atom. The molecule has 11 heavy (non-hydrogen) atoms. The van der Waals surface area contributed by atoms with Crippen LogP contribution in [0.5, 0.6) is 0 Å². The standard InChI is InChI=1S/C4H3Cl7/c5-1(3(7)8)2(6)4(9,10)11/h1-3H. The van der Waals surface area contributed by atoms with E-state index in [1.807, 2.05) is 0 Å². The summed E-state index contributed by atoms with van der Waals surface area (Å²) in [6.07, 6.45) is 0. The molecule has 0 saturated carbocycles. The van der Waals surface area contributed by atoms with E-state index in [-0.39, 0.29) is 0 Å². The van der Waals surface area contributed by atoms with Gasteiger partial charge in [0.15, 0.2) is 0 Å². The highest BCUT2D eigenvalue weighted by Crippen LogP contribution is 2.39. The van der Waals surface area contributed by atoms with Crippen LogP contribution >= 0.6 is 81.2 Å². The average molecular weight is 299 g/mol. The maximum absolute atomic E-state index is 5.61. The maximum Gasteiger partial charge on any atom is 0.208 e. The summed E-state index contributed by atoms with van der Waals surface area (Å²) in [5, 5.41) is -1.72. The summed E-state index contributed by atoms with van der Waals surface area (Å²) in [7, 11) is 0. The van der Waals surface area contributed by atoms with Gasteiger partial charge in [0, 0.05) is 0 Å². The zero-order chi connectivity index (χ0) is 9.23. The van der Waals surface area contributed by atoms with Gasteiger partial charge in [-0.2, -0.15) is 0 Å². The quantitative estimate of drug-likeness (QED) is 0.664. The number of hydrogen-bond acceptors (Lipinski definition) is 0. The molecule has 0 radical (unpaired) electrons. The van der Waals surface area contributed by atoms with Gasteiger partial charge in [-0.3, -0.25) is 0 Å². The molecule has 0 aliphatic carbocycles. The van der Waals surface area contributed by atoms with Gasteiger partial charge in [0.2, 0.25) is 3.79 Å². The molecule has 0 bridgehead atoms. The summed E-state index contributed by atoms with van der Waals surface area (Å²) in [6.45, 7) is 0. The second kappa shape index (κ2) is 5.05. The van der Waals surface area contributed by atoms with Gasteiger partial charge in [-0.1, -0.05) is 34.8 Å². The van der Waals surface area contributed by atoms with Crippen LogP contribution < -0.4 is 0 Å². The minimum absolute atomic E-state index is 0.799. The molecular weight excluding hydrogens is 296 g/mol. The molecule has 0 N–H and O–H groups in total. The lowest BCUT2D eigenvalue weighted by Crippen LogP contribution is -2.33. The van der Waals surface area contributed by atoms with Crippen LogP contribution in [0.25, 0.3) is 0 Å². The Morgan fingerprint density at radius 1 is 0.818 bits per heavy atom. The lowest BCUT2D eigenvalue weighted by atomic mass is 10.3. The van der Waals surface area contributed by atoms with Crippen molar-refractivity contribution in [1.29, 1.82) is 0 Å². The van der Waals surface area contributed by atoms with Crippen LogP contribution in [0.15, 0.2) is 0 Å².